The van der Waals surface area contributed by atoms with Gasteiger partial charge in [-0.1, -0.05) is 6.07 Å². The number of aromatic nitrogens is 6. The molecule has 0 aliphatic rings. The highest BCUT2D eigenvalue weighted by molar-refractivity contribution is 5.49. The van der Waals surface area contributed by atoms with Crippen molar-refractivity contribution < 1.29 is 9.47 Å². The zero-order chi connectivity index (χ0) is 22.0. The summed E-state index contributed by atoms with van der Waals surface area (Å²) in [5.74, 6) is 1.37. The molecule has 0 saturated heterocycles. The van der Waals surface area contributed by atoms with Crippen LogP contribution in [-0.4, -0.2) is 36.2 Å². The first-order chi connectivity index (χ1) is 15.0. The summed E-state index contributed by atoms with van der Waals surface area (Å²) in [6, 6.07) is 13.3. The topological polar surface area (TPSA) is 89.0 Å². The molecule has 4 aromatic rings. The first-order valence-electron chi connectivity index (χ1n) is 9.98. The Morgan fingerprint density at radius 2 is 1.84 bits per heavy atom. The number of tetrazole rings is 1. The Hall–Kier alpha value is -3.88. The standard InChI is InChI=1S/C22H24N6O3/c1-5-30-21-8-6-7-19(28-22(29)26(4)24-25-28)18(21)14-31-20-10-9-17(13-15(20)2)27-12-11-16(3)23-27/h6-13H,5,14H2,1-4H3. The molecular formula is C22H24N6O3. The molecule has 31 heavy (non-hydrogen) atoms. The summed E-state index contributed by atoms with van der Waals surface area (Å²) in [4.78, 5) is 12.4. The molecule has 0 aliphatic carbocycles. The Morgan fingerprint density at radius 1 is 1.00 bits per heavy atom. The minimum atomic E-state index is -0.343. The van der Waals surface area contributed by atoms with Crippen molar-refractivity contribution >= 4 is 0 Å². The summed E-state index contributed by atoms with van der Waals surface area (Å²) in [5.41, 5.74) is 3.84. The van der Waals surface area contributed by atoms with Crippen LogP contribution in [0, 0.1) is 13.8 Å². The molecule has 0 unspecified atom stereocenters. The van der Waals surface area contributed by atoms with E-state index in [0.29, 0.717) is 18.0 Å². The van der Waals surface area contributed by atoms with Crippen LogP contribution in [0.15, 0.2) is 53.5 Å². The summed E-state index contributed by atoms with van der Waals surface area (Å²) < 4.78 is 16.2. The van der Waals surface area contributed by atoms with Gasteiger partial charge in [-0.2, -0.15) is 14.5 Å². The molecule has 2 heterocycles. The molecule has 0 spiro atoms. The summed E-state index contributed by atoms with van der Waals surface area (Å²) in [6.07, 6.45) is 1.92. The van der Waals surface area contributed by atoms with E-state index in [2.05, 4.69) is 15.5 Å². The Morgan fingerprint density at radius 3 is 2.48 bits per heavy atom. The zero-order valence-corrected chi connectivity index (χ0v) is 17.9. The van der Waals surface area contributed by atoms with Gasteiger partial charge in [0.2, 0.25) is 0 Å². The lowest BCUT2D eigenvalue weighted by molar-refractivity contribution is 0.284. The third-order valence-electron chi connectivity index (χ3n) is 4.88. The molecule has 160 valence electrons. The van der Waals surface area contributed by atoms with Gasteiger partial charge in [0.05, 0.1) is 29.2 Å². The average Bonchev–Trinajstić information content (AvgIpc) is 3.33. The predicted octanol–water partition coefficient (Wildman–Crippen LogP) is 2.75. The maximum absolute atomic E-state index is 12.4. The smallest absolute Gasteiger partial charge is 0.368 e. The third-order valence-corrected chi connectivity index (χ3v) is 4.88. The molecule has 0 bridgehead atoms. The average molecular weight is 420 g/mol. The van der Waals surface area contributed by atoms with E-state index >= 15 is 0 Å². The number of hydrogen-bond donors (Lipinski definition) is 0. The highest BCUT2D eigenvalue weighted by Gasteiger charge is 2.17. The van der Waals surface area contributed by atoms with Crippen molar-refractivity contribution in [3.8, 4) is 22.9 Å². The second-order valence-corrected chi connectivity index (χ2v) is 7.12. The summed E-state index contributed by atoms with van der Waals surface area (Å²) in [5, 5.41) is 12.2. The van der Waals surface area contributed by atoms with Crippen molar-refractivity contribution in [2.45, 2.75) is 27.4 Å². The quantitative estimate of drug-likeness (QED) is 0.457. The fourth-order valence-electron chi connectivity index (χ4n) is 3.30. The van der Waals surface area contributed by atoms with E-state index in [1.165, 1.54) is 9.36 Å². The van der Waals surface area contributed by atoms with E-state index in [-0.39, 0.29) is 12.3 Å². The van der Waals surface area contributed by atoms with Gasteiger partial charge in [0.1, 0.15) is 18.1 Å². The van der Waals surface area contributed by atoms with Crippen molar-refractivity contribution in [3.05, 3.63) is 76.0 Å². The number of hydrogen-bond acceptors (Lipinski definition) is 6. The van der Waals surface area contributed by atoms with Gasteiger partial charge in [-0.25, -0.2) is 9.48 Å². The van der Waals surface area contributed by atoms with Crippen LogP contribution in [0.3, 0.4) is 0 Å². The molecular weight excluding hydrogens is 396 g/mol. The highest BCUT2D eigenvalue weighted by atomic mass is 16.5. The van der Waals surface area contributed by atoms with Crippen LogP contribution in [0.1, 0.15) is 23.7 Å². The van der Waals surface area contributed by atoms with Crippen LogP contribution in [-0.2, 0) is 13.7 Å². The van der Waals surface area contributed by atoms with Crippen molar-refractivity contribution in [3.63, 3.8) is 0 Å². The van der Waals surface area contributed by atoms with E-state index in [0.717, 1.165) is 28.3 Å². The van der Waals surface area contributed by atoms with Gasteiger partial charge in [-0.05, 0) is 73.2 Å². The largest absolute Gasteiger partial charge is 0.493 e. The molecule has 4 rings (SSSR count). The zero-order valence-electron chi connectivity index (χ0n) is 17.9. The van der Waals surface area contributed by atoms with Crippen molar-refractivity contribution in [2.24, 2.45) is 7.05 Å². The van der Waals surface area contributed by atoms with Crippen LogP contribution < -0.4 is 15.2 Å². The molecule has 9 heteroatoms. The van der Waals surface area contributed by atoms with Gasteiger partial charge in [-0.15, -0.1) is 0 Å². The number of benzene rings is 2. The Labute approximate surface area is 179 Å². The molecule has 2 aromatic carbocycles. The van der Waals surface area contributed by atoms with Crippen molar-refractivity contribution in [1.29, 1.82) is 0 Å². The molecule has 0 radical (unpaired) electrons. The molecule has 2 aromatic heterocycles. The van der Waals surface area contributed by atoms with Gasteiger partial charge in [0, 0.05) is 13.2 Å². The van der Waals surface area contributed by atoms with Gasteiger partial charge < -0.3 is 9.47 Å². The van der Waals surface area contributed by atoms with Crippen LogP contribution >= 0.6 is 0 Å². The second-order valence-electron chi connectivity index (χ2n) is 7.12. The molecule has 0 saturated carbocycles. The Balaban J connectivity index is 1.65. The maximum Gasteiger partial charge on any atom is 0.368 e. The fraction of sp³-hybridized carbons (Fsp3) is 0.273. The number of aryl methyl sites for hydroxylation is 3. The van der Waals surface area contributed by atoms with Crippen molar-refractivity contribution in [1.82, 2.24) is 29.6 Å². The van der Waals surface area contributed by atoms with E-state index in [1.54, 1.807) is 13.1 Å². The molecule has 0 amide bonds. The van der Waals surface area contributed by atoms with Crippen LogP contribution in [0.4, 0.5) is 0 Å². The lowest BCUT2D eigenvalue weighted by Gasteiger charge is -2.16. The second kappa shape index (κ2) is 8.47. The summed E-state index contributed by atoms with van der Waals surface area (Å²) >= 11 is 0. The number of rotatable bonds is 7. The Kier molecular flexibility index (Phi) is 5.57. The lowest BCUT2D eigenvalue weighted by atomic mass is 10.1. The first-order valence-corrected chi connectivity index (χ1v) is 9.98. The van der Waals surface area contributed by atoms with Gasteiger partial charge >= 0.3 is 5.69 Å². The first kappa shape index (κ1) is 20.4. The number of ether oxygens (including phenoxy) is 2. The molecule has 9 nitrogen and oxygen atoms in total. The Bertz CT molecular complexity index is 1270. The summed E-state index contributed by atoms with van der Waals surface area (Å²) in [6.45, 7) is 6.54. The van der Waals surface area contributed by atoms with E-state index in [9.17, 15) is 4.79 Å². The fourth-order valence-corrected chi connectivity index (χ4v) is 3.30. The van der Waals surface area contributed by atoms with Gasteiger partial charge in [-0.3, -0.25) is 0 Å². The van der Waals surface area contributed by atoms with Crippen molar-refractivity contribution in [2.75, 3.05) is 6.61 Å². The van der Waals surface area contributed by atoms with Crippen LogP contribution in [0.2, 0.25) is 0 Å². The lowest BCUT2D eigenvalue weighted by Crippen LogP contribution is -2.23. The van der Waals surface area contributed by atoms with Gasteiger partial charge in [0.15, 0.2) is 0 Å². The predicted molar refractivity (Wildman–Crippen MR) is 115 cm³/mol. The highest BCUT2D eigenvalue weighted by Crippen LogP contribution is 2.28. The molecule has 0 atom stereocenters. The van der Waals surface area contributed by atoms with E-state index < -0.39 is 0 Å². The molecule has 0 aliphatic heterocycles. The molecule has 0 fully saturated rings. The van der Waals surface area contributed by atoms with Crippen LogP contribution in [0.25, 0.3) is 11.4 Å². The minimum absolute atomic E-state index is 0.204. The molecule has 0 N–H and O–H groups in total. The summed E-state index contributed by atoms with van der Waals surface area (Å²) in [7, 11) is 1.56. The van der Waals surface area contributed by atoms with Crippen LogP contribution in [0.5, 0.6) is 11.5 Å². The van der Waals surface area contributed by atoms with E-state index in [4.69, 9.17) is 9.47 Å². The monoisotopic (exact) mass is 420 g/mol. The number of nitrogens with zero attached hydrogens (tertiary/aromatic N) is 6. The van der Waals surface area contributed by atoms with E-state index in [1.807, 2.05) is 68.0 Å². The third kappa shape index (κ3) is 4.07. The van der Waals surface area contributed by atoms with Gasteiger partial charge in [0.25, 0.3) is 0 Å². The maximum atomic E-state index is 12.4. The SMILES string of the molecule is CCOc1cccc(-n2nnn(C)c2=O)c1COc1ccc(-n2ccc(C)n2)cc1C. The minimum Gasteiger partial charge on any atom is -0.493 e. The normalized spacial score (nSPS) is 11.0.